The van der Waals surface area contributed by atoms with Crippen molar-refractivity contribution in [3.8, 4) is 0 Å². The summed E-state index contributed by atoms with van der Waals surface area (Å²) in [5.74, 6) is -1.63. The predicted molar refractivity (Wildman–Crippen MR) is 93.5 cm³/mol. The molecule has 1 fully saturated rings. The molecule has 10 heteroatoms. The summed E-state index contributed by atoms with van der Waals surface area (Å²) in [5.41, 5.74) is 0. The van der Waals surface area contributed by atoms with Crippen LogP contribution in [0.1, 0.15) is 18.6 Å². The Morgan fingerprint density at radius 2 is 2.11 bits per heavy atom. The molecule has 2 heterocycles. The molecule has 0 aliphatic carbocycles. The lowest BCUT2D eigenvalue weighted by molar-refractivity contribution is -0.147. The van der Waals surface area contributed by atoms with E-state index in [4.69, 9.17) is 9.52 Å². The molecule has 4 amide bonds. The molecule has 1 aliphatic heterocycles. The number of carbonyl (C=O) groups is 4. The normalized spacial score (nSPS) is 16.5. The minimum absolute atomic E-state index is 0.156. The third-order valence-corrected chi connectivity index (χ3v) is 4.32. The number of likely N-dealkylation sites (tertiary alicyclic amines) is 1. The van der Waals surface area contributed by atoms with Crippen LogP contribution in [-0.4, -0.2) is 71.9 Å². The van der Waals surface area contributed by atoms with Crippen molar-refractivity contribution < 1.29 is 28.7 Å². The number of nitrogens with zero attached hydrogens (tertiary/aromatic N) is 2. The number of rotatable bonds is 7. The van der Waals surface area contributed by atoms with Gasteiger partial charge in [0, 0.05) is 20.1 Å². The zero-order chi connectivity index (χ0) is 19.8. The van der Waals surface area contributed by atoms with Crippen molar-refractivity contribution in [3.63, 3.8) is 0 Å². The largest absolute Gasteiger partial charge is 0.481 e. The van der Waals surface area contributed by atoms with Gasteiger partial charge in [-0.3, -0.25) is 14.4 Å². The summed E-state index contributed by atoms with van der Waals surface area (Å²) in [6, 6.07) is 2.88. The topological polar surface area (TPSA) is 132 Å². The van der Waals surface area contributed by atoms with E-state index in [1.807, 2.05) is 0 Å². The van der Waals surface area contributed by atoms with Crippen LogP contribution in [-0.2, 0) is 20.9 Å². The number of hydrogen-bond acceptors (Lipinski definition) is 5. The highest BCUT2D eigenvalue weighted by molar-refractivity contribution is 5.88. The van der Waals surface area contributed by atoms with Crippen molar-refractivity contribution in [2.24, 2.45) is 5.92 Å². The number of aliphatic carboxylic acids is 1. The van der Waals surface area contributed by atoms with Crippen molar-refractivity contribution in [3.05, 3.63) is 24.2 Å². The Balaban J connectivity index is 1.70. The van der Waals surface area contributed by atoms with E-state index in [1.54, 1.807) is 12.1 Å². The molecule has 3 N–H and O–H groups in total. The van der Waals surface area contributed by atoms with E-state index in [1.165, 1.54) is 23.1 Å². The fourth-order valence-electron chi connectivity index (χ4n) is 2.73. The molecular formula is C17H24N4O6. The van der Waals surface area contributed by atoms with Gasteiger partial charge in [0.05, 0.1) is 31.8 Å². The highest BCUT2D eigenvalue weighted by Gasteiger charge is 2.28. The Morgan fingerprint density at radius 3 is 2.78 bits per heavy atom. The number of amides is 4. The summed E-state index contributed by atoms with van der Waals surface area (Å²) in [4.78, 5) is 49.8. The number of carboxylic acid groups (broad SMARTS) is 1. The Morgan fingerprint density at radius 1 is 1.33 bits per heavy atom. The molecule has 0 bridgehead atoms. The molecule has 2 rings (SSSR count). The average molecular weight is 380 g/mol. The smallest absolute Gasteiger partial charge is 0.315 e. The Kier molecular flexibility index (Phi) is 7.21. The number of piperidine rings is 1. The first-order chi connectivity index (χ1) is 12.9. The van der Waals surface area contributed by atoms with Gasteiger partial charge in [0.1, 0.15) is 5.76 Å². The van der Waals surface area contributed by atoms with Crippen LogP contribution in [0.2, 0.25) is 0 Å². The Bertz CT molecular complexity index is 675. The lowest BCUT2D eigenvalue weighted by Crippen LogP contribution is -2.48. The maximum atomic E-state index is 12.3. The molecule has 1 unspecified atom stereocenters. The van der Waals surface area contributed by atoms with Crippen molar-refractivity contribution in [2.75, 3.05) is 33.2 Å². The number of furan rings is 1. The molecular weight excluding hydrogens is 356 g/mol. The lowest BCUT2D eigenvalue weighted by Gasteiger charge is -2.32. The molecule has 1 saturated heterocycles. The third-order valence-electron chi connectivity index (χ3n) is 4.32. The van der Waals surface area contributed by atoms with Gasteiger partial charge in [-0.25, -0.2) is 4.79 Å². The molecule has 0 aromatic carbocycles. The van der Waals surface area contributed by atoms with Crippen LogP contribution in [0, 0.1) is 5.92 Å². The van der Waals surface area contributed by atoms with Gasteiger partial charge in [-0.1, -0.05) is 0 Å². The average Bonchev–Trinajstić information content (AvgIpc) is 3.17. The van der Waals surface area contributed by atoms with Crippen LogP contribution < -0.4 is 10.6 Å². The summed E-state index contributed by atoms with van der Waals surface area (Å²) in [5, 5.41) is 14.0. The Hall–Kier alpha value is -3.04. The molecule has 0 spiro atoms. The van der Waals surface area contributed by atoms with E-state index in [0.29, 0.717) is 25.1 Å². The highest BCUT2D eigenvalue weighted by Crippen LogP contribution is 2.16. The van der Waals surface area contributed by atoms with Crippen molar-refractivity contribution in [1.29, 1.82) is 0 Å². The molecule has 148 valence electrons. The molecule has 27 heavy (non-hydrogen) atoms. The van der Waals surface area contributed by atoms with Gasteiger partial charge in [0.2, 0.25) is 11.8 Å². The van der Waals surface area contributed by atoms with Crippen LogP contribution in [0.5, 0.6) is 0 Å². The first kappa shape index (κ1) is 20.3. The van der Waals surface area contributed by atoms with Gasteiger partial charge in [-0.2, -0.15) is 0 Å². The summed E-state index contributed by atoms with van der Waals surface area (Å²) >= 11 is 0. The van der Waals surface area contributed by atoms with Crippen LogP contribution in [0.25, 0.3) is 0 Å². The second kappa shape index (κ2) is 9.60. The number of urea groups is 1. The monoisotopic (exact) mass is 380 g/mol. The second-order valence-electron chi connectivity index (χ2n) is 6.38. The maximum Gasteiger partial charge on any atom is 0.315 e. The zero-order valence-corrected chi connectivity index (χ0v) is 15.1. The number of nitrogens with one attached hydrogen (secondary N) is 2. The van der Waals surface area contributed by atoms with Gasteiger partial charge in [-0.05, 0) is 25.0 Å². The minimum atomic E-state index is -0.915. The zero-order valence-electron chi connectivity index (χ0n) is 15.1. The number of carboxylic acids is 1. The van der Waals surface area contributed by atoms with E-state index in [9.17, 15) is 19.2 Å². The van der Waals surface area contributed by atoms with Crippen LogP contribution in [0.3, 0.4) is 0 Å². The van der Waals surface area contributed by atoms with E-state index in [-0.39, 0.29) is 32.1 Å². The molecule has 1 aliphatic rings. The molecule has 10 nitrogen and oxygen atoms in total. The van der Waals surface area contributed by atoms with Crippen molar-refractivity contribution in [1.82, 2.24) is 20.4 Å². The fourth-order valence-corrected chi connectivity index (χ4v) is 2.73. The van der Waals surface area contributed by atoms with E-state index in [2.05, 4.69) is 10.6 Å². The van der Waals surface area contributed by atoms with Gasteiger partial charge in [0.15, 0.2) is 0 Å². The predicted octanol–water partition coefficient (Wildman–Crippen LogP) is -0.140. The first-order valence-electron chi connectivity index (χ1n) is 8.65. The quantitative estimate of drug-likeness (QED) is 0.603. The molecule has 1 atom stereocenters. The second-order valence-corrected chi connectivity index (χ2v) is 6.38. The molecule has 0 radical (unpaired) electrons. The van der Waals surface area contributed by atoms with E-state index >= 15 is 0 Å². The molecule has 1 aromatic rings. The summed E-state index contributed by atoms with van der Waals surface area (Å²) < 4.78 is 5.07. The lowest BCUT2D eigenvalue weighted by atomic mass is 9.98. The third kappa shape index (κ3) is 6.32. The highest BCUT2D eigenvalue weighted by atomic mass is 16.4. The van der Waals surface area contributed by atoms with Gasteiger partial charge < -0.3 is 30.0 Å². The van der Waals surface area contributed by atoms with Crippen LogP contribution in [0.4, 0.5) is 4.79 Å². The summed E-state index contributed by atoms with van der Waals surface area (Å²) in [6.45, 7) is 0.412. The minimum Gasteiger partial charge on any atom is -0.481 e. The van der Waals surface area contributed by atoms with Crippen LogP contribution >= 0.6 is 0 Å². The number of hydrogen-bond donors (Lipinski definition) is 3. The SMILES string of the molecule is CN(CC(=O)N1CCCC(C(=O)O)C1)C(=O)CNC(=O)NCc1ccco1. The number of carbonyl (C=O) groups excluding carboxylic acids is 3. The first-order valence-corrected chi connectivity index (χ1v) is 8.65. The maximum absolute atomic E-state index is 12.3. The Labute approximate surface area is 156 Å². The van der Waals surface area contributed by atoms with Gasteiger partial charge >= 0.3 is 12.0 Å². The standard InChI is InChI=1S/C17H24N4O6/c1-20(11-15(23)21-6-2-4-12(10-21)16(24)25)14(22)9-19-17(26)18-8-13-5-3-7-27-13/h3,5,7,12H,2,4,6,8-11H2,1H3,(H,24,25)(H2,18,19,26). The summed E-state index contributed by atoms with van der Waals surface area (Å²) in [6.07, 6.45) is 2.66. The van der Waals surface area contributed by atoms with E-state index < -0.39 is 23.8 Å². The van der Waals surface area contributed by atoms with E-state index in [0.717, 1.165) is 0 Å². The number of likely N-dealkylation sites (N-methyl/N-ethyl adjacent to an activating group) is 1. The van der Waals surface area contributed by atoms with Crippen LogP contribution in [0.15, 0.2) is 22.8 Å². The molecule has 0 saturated carbocycles. The summed E-state index contributed by atoms with van der Waals surface area (Å²) in [7, 11) is 1.46. The fraction of sp³-hybridized carbons (Fsp3) is 0.529. The molecule has 1 aromatic heterocycles. The van der Waals surface area contributed by atoms with Gasteiger partial charge in [0.25, 0.3) is 0 Å². The van der Waals surface area contributed by atoms with Gasteiger partial charge in [-0.15, -0.1) is 0 Å². The van der Waals surface area contributed by atoms with Crippen molar-refractivity contribution in [2.45, 2.75) is 19.4 Å². The van der Waals surface area contributed by atoms with Crippen molar-refractivity contribution >= 4 is 23.8 Å².